The van der Waals surface area contributed by atoms with Gasteiger partial charge in [-0.2, -0.15) is 0 Å². The molecule has 1 aliphatic rings. The van der Waals surface area contributed by atoms with Gasteiger partial charge in [0.2, 0.25) is 5.91 Å². The quantitative estimate of drug-likeness (QED) is 0.602. The maximum atomic E-state index is 11.9. The predicted molar refractivity (Wildman–Crippen MR) is 71.2 cm³/mol. The molecule has 0 aliphatic carbocycles. The highest BCUT2D eigenvalue weighted by molar-refractivity contribution is 5.80. The summed E-state index contributed by atoms with van der Waals surface area (Å²) >= 11 is 0. The van der Waals surface area contributed by atoms with Crippen molar-refractivity contribution in [2.24, 2.45) is 5.92 Å². The number of carbonyl (C=O) groups excluding carboxylic acids is 2. The molecule has 0 aromatic heterocycles. The third-order valence-corrected chi connectivity index (χ3v) is 3.09. The molecule has 5 heteroatoms. The van der Waals surface area contributed by atoms with Gasteiger partial charge >= 0.3 is 6.03 Å². The molecule has 1 N–H and O–H groups in total. The summed E-state index contributed by atoms with van der Waals surface area (Å²) in [5.74, 6) is -0.0272. The topological polar surface area (TPSA) is 52.7 Å². The summed E-state index contributed by atoms with van der Waals surface area (Å²) in [5, 5.41) is 2.88. The monoisotopic (exact) mass is 253 g/mol. The molecule has 1 unspecified atom stereocenters. The molecule has 3 amide bonds. The number of likely N-dealkylation sites (tertiary alicyclic amines) is 1. The average Bonchev–Trinajstić information content (AvgIpc) is 2.38. The van der Waals surface area contributed by atoms with Gasteiger partial charge in [0.1, 0.15) is 0 Å². The van der Waals surface area contributed by atoms with Gasteiger partial charge in [-0.25, -0.2) is 4.79 Å². The largest absolute Gasteiger partial charge is 0.355 e. The summed E-state index contributed by atoms with van der Waals surface area (Å²) in [6.07, 6.45) is 4.30. The summed E-state index contributed by atoms with van der Waals surface area (Å²) in [4.78, 5) is 27.1. The van der Waals surface area contributed by atoms with Gasteiger partial charge in [-0.1, -0.05) is 6.08 Å². The van der Waals surface area contributed by atoms with E-state index in [0.29, 0.717) is 13.1 Å². The number of hydrogen-bond acceptors (Lipinski definition) is 2. The first-order chi connectivity index (χ1) is 8.56. The van der Waals surface area contributed by atoms with Crippen LogP contribution in [0.25, 0.3) is 0 Å². The number of hydrogen-bond donors (Lipinski definition) is 1. The molecular weight excluding hydrogens is 230 g/mol. The molecule has 1 heterocycles. The van der Waals surface area contributed by atoms with E-state index in [1.54, 1.807) is 30.0 Å². The average molecular weight is 253 g/mol. The van der Waals surface area contributed by atoms with E-state index < -0.39 is 0 Å². The van der Waals surface area contributed by atoms with Crippen molar-refractivity contribution in [1.82, 2.24) is 15.1 Å². The third-order valence-electron chi connectivity index (χ3n) is 3.09. The van der Waals surface area contributed by atoms with E-state index in [1.807, 2.05) is 0 Å². The molecule has 102 valence electrons. The Kier molecular flexibility index (Phi) is 5.68. The summed E-state index contributed by atoms with van der Waals surface area (Å²) in [6, 6.07) is -0.0152. The maximum Gasteiger partial charge on any atom is 0.319 e. The Hall–Kier alpha value is -1.52. The molecule has 0 spiro atoms. The van der Waals surface area contributed by atoms with E-state index in [2.05, 4.69) is 11.9 Å². The van der Waals surface area contributed by atoms with Gasteiger partial charge in [0.15, 0.2) is 0 Å². The van der Waals surface area contributed by atoms with Crippen molar-refractivity contribution in [2.45, 2.75) is 19.3 Å². The highest BCUT2D eigenvalue weighted by Gasteiger charge is 2.28. The lowest BCUT2D eigenvalue weighted by Gasteiger charge is -2.33. The smallest absolute Gasteiger partial charge is 0.319 e. The van der Waals surface area contributed by atoms with Gasteiger partial charge in [-0.15, -0.1) is 6.58 Å². The minimum atomic E-state index is -0.0764. The van der Waals surface area contributed by atoms with E-state index in [9.17, 15) is 9.59 Å². The summed E-state index contributed by atoms with van der Waals surface area (Å²) in [7, 11) is 3.46. The molecule has 5 nitrogen and oxygen atoms in total. The van der Waals surface area contributed by atoms with Crippen LogP contribution in [0.5, 0.6) is 0 Å². The minimum absolute atomic E-state index is 0.0152. The van der Waals surface area contributed by atoms with E-state index in [0.717, 1.165) is 25.8 Å². The second-order valence-electron chi connectivity index (χ2n) is 4.83. The molecule has 0 aromatic carbocycles. The van der Waals surface area contributed by atoms with Crippen molar-refractivity contribution in [2.75, 3.05) is 33.7 Å². The molecule has 0 saturated carbocycles. The summed E-state index contributed by atoms with van der Waals surface area (Å²) in [6.45, 7) is 5.51. The van der Waals surface area contributed by atoms with Gasteiger partial charge in [0, 0.05) is 33.7 Å². The second kappa shape index (κ2) is 7.03. The fourth-order valence-electron chi connectivity index (χ4n) is 2.09. The lowest BCUT2D eigenvalue weighted by Crippen LogP contribution is -2.48. The van der Waals surface area contributed by atoms with Crippen LogP contribution >= 0.6 is 0 Å². The molecule has 0 radical (unpaired) electrons. The van der Waals surface area contributed by atoms with Gasteiger partial charge in [-0.3, -0.25) is 4.79 Å². The van der Waals surface area contributed by atoms with Gasteiger partial charge in [-0.05, 0) is 19.3 Å². The number of nitrogens with one attached hydrogen (secondary N) is 1. The van der Waals surface area contributed by atoms with Crippen molar-refractivity contribution < 1.29 is 9.59 Å². The fourth-order valence-corrected chi connectivity index (χ4v) is 2.09. The molecule has 18 heavy (non-hydrogen) atoms. The SMILES string of the molecule is C=CCCNC(=O)C1CCCN(C(=O)N(C)C)C1. The summed E-state index contributed by atoms with van der Waals surface area (Å²) in [5.41, 5.74) is 0. The van der Waals surface area contributed by atoms with Crippen LogP contribution in [0.15, 0.2) is 12.7 Å². The number of rotatable bonds is 4. The zero-order valence-electron chi connectivity index (χ0n) is 11.3. The minimum Gasteiger partial charge on any atom is -0.355 e. The Labute approximate surface area is 109 Å². The van der Waals surface area contributed by atoms with Crippen molar-refractivity contribution >= 4 is 11.9 Å². The Morgan fingerprint density at radius 3 is 2.83 bits per heavy atom. The molecule has 0 bridgehead atoms. The first kappa shape index (κ1) is 14.5. The van der Waals surface area contributed by atoms with Crippen LogP contribution in [0.3, 0.4) is 0 Å². The molecular formula is C13H23N3O2. The van der Waals surface area contributed by atoms with Gasteiger partial charge in [0.25, 0.3) is 0 Å². The fraction of sp³-hybridized carbons (Fsp3) is 0.692. The van der Waals surface area contributed by atoms with Crippen LogP contribution in [-0.2, 0) is 4.79 Å². The Bertz CT molecular complexity index is 315. The molecule has 1 saturated heterocycles. The first-order valence-electron chi connectivity index (χ1n) is 6.41. The number of piperidine rings is 1. The Morgan fingerprint density at radius 1 is 1.50 bits per heavy atom. The molecule has 1 rings (SSSR count). The van der Waals surface area contributed by atoms with Crippen LogP contribution in [-0.4, -0.2) is 55.5 Å². The van der Waals surface area contributed by atoms with E-state index in [4.69, 9.17) is 0 Å². The number of carbonyl (C=O) groups is 2. The summed E-state index contributed by atoms with van der Waals surface area (Å²) < 4.78 is 0. The molecule has 1 fully saturated rings. The lowest BCUT2D eigenvalue weighted by molar-refractivity contribution is -0.126. The van der Waals surface area contributed by atoms with Crippen molar-refractivity contribution in [3.8, 4) is 0 Å². The number of amides is 3. The van der Waals surface area contributed by atoms with Crippen LogP contribution in [0.1, 0.15) is 19.3 Å². The lowest BCUT2D eigenvalue weighted by atomic mass is 9.97. The van der Waals surface area contributed by atoms with Crippen molar-refractivity contribution in [3.63, 3.8) is 0 Å². The molecule has 1 aliphatic heterocycles. The maximum absolute atomic E-state index is 11.9. The Balaban J connectivity index is 2.45. The first-order valence-corrected chi connectivity index (χ1v) is 6.41. The third kappa shape index (κ3) is 4.05. The van der Waals surface area contributed by atoms with Crippen LogP contribution in [0, 0.1) is 5.92 Å². The highest BCUT2D eigenvalue weighted by Crippen LogP contribution is 2.17. The normalized spacial score (nSPS) is 19.2. The number of urea groups is 1. The molecule has 1 atom stereocenters. The van der Waals surface area contributed by atoms with Crippen LogP contribution in [0.4, 0.5) is 4.79 Å². The number of nitrogens with zero attached hydrogens (tertiary/aromatic N) is 2. The Morgan fingerprint density at radius 2 is 2.22 bits per heavy atom. The van der Waals surface area contributed by atoms with Gasteiger partial charge in [0.05, 0.1) is 5.92 Å². The highest BCUT2D eigenvalue weighted by atomic mass is 16.2. The predicted octanol–water partition coefficient (Wildman–Crippen LogP) is 1.07. The van der Waals surface area contributed by atoms with Crippen molar-refractivity contribution in [3.05, 3.63) is 12.7 Å². The van der Waals surface area contributed by atoms with Crippen LogP contribution in [0.2, 0.25) is 0 Å². The zero-order valence-corrected chi connectivity index (χ0v) is 11.3. The van der Waals surface area contributed by atoms with Crippen molar-refractivity contribution in [1.29, 1.82) is 0 Å². The van der Waals surface area contributed by atoms with E-state index >= 15 is 0 Å². The second-order valence-corrected chi connectivity index (χ2v) is 4.83. The van der Waals surface area contributed by atoms with E-state index in [1.165, 1.54) is 0 Å². The van der Waals surface area contributed by atoms with E-state index in [-0.39, 0.29) is 17.9 Å². The molecule has 0 aromatic rings. The van der Waals surface area contributed by atoms with Gasteiger partial charge < -0.3 is 15.1 Å². The standard InChI is InChI=1S/C13H23N3O2/c1-4-5-8-14-12(17)11-7-6-9-16(10-11)13(18)15(2)3/h4,11H,1,5-10H2,2-3H3,(H,14,17). The van der Waals surface area contributed by atoms with Crippen LogP contribution < -0.4 is 5.32 Å². The zero-order chi connectivity index (χ0) is 13.5.